The van der Waals surface area contributed by atoms with E-state index in [1.165, 1.54) is 4.88 Å². The molecule has 0 bridgehead atoms. The number of likely N-dealkylation sites (tertiary alicyclic amines) is 2. The molecule has 1 aromatic carbocycles. The Morgan fingerprint density at radius 1 is 1.07 bits per heavy atom. The van der Waals surface area contributed by atoms with Crippen molar-refractivity contribution in [3.8, 4) is 0 Å². The van der Waals surface area contributed by atoms with Gasteiger partial charge in [0.25, 0.3) is 5.91 Å². The summed E-state index contributed by atoms with van der Waals surface area (Å²) >= 11 is 1.74. The highest BCUT2D eigenvalue weighted by Gasteiger charge is 2.32. The smallest absolute Gasteiger partial charge is 0.251 e. The molecule has 154 valence electrons. The third-order valence-corrected chi connectivity index (χ3v) is 7.09. The van der Waals surface area contributed by atoms with Crippen molar-refractivity contribution in [2.24, 2.45) is 0 Å². The fraction of sp³-hybridized carbons (Fsp3) is 0.478. The molecule has 6 heteroatoms. The number of nitrogens with one attached hydrogen (secondary N) is 1. The van der Waals surface area contributed by atoms with E-state index in [0.29, 0.717) is 6.54 Å². The van der Waals surface area contributed by atoms with Crippen LogP contribution in [0.4, 0.5) is 0 Å². The van der Waals surface area contributed by atoms with E-state index in [1.807, 2.05) is 31.2 Å². The van der Waals surface area contributed by atoms with Crippen molar-refractivity contribution >= 4 is 23.2 Å². The summed E-state index contributed by atoms with van der Waals surface area (Å²) in [5.74, 6) is 0.247. The molecule has 2 aromatic rings. The molecule has 5 nitrogen and oxygen atoms in total. The van der Waals surface area contributed by atoms with Gasteiger partial charge in [-0.1, -0.05) is 24.3 Å². The maximum absolute atomic E-state index is 12.9. The molecule has 1 atom stereocenters. The molecule has 0 spiro atoms. The van der Waals surface area contributed by atoms with E-state index in [4.69, 9.17) is 0 Å². The van der Waals surface area contributed by atoms with Crippen LogP contribution < -0.4 is 5.32 Å². The van der Waals surface area contributed by atoms with Gasteiger partial charge in [0.1, 0.15) is 0 Å². The topological polar surface area (TPSA) is 52.7 Å². The number of carbonyl (C=O) groups is 2. The van der Waals surface area contributed by atoms with E-state index in [-0.39, 0.29) is 23.9 Å². The lowest BCUT2D eigenvalue weighted by atomic mass is 10.0. The maximum Gasteiger partial charge on any atom is 0.251 e. The molecule has 0 aliphatic carbocycles. The minimum atomic E-state index is 0.00785. The van der Waals surface area contributed by atoms with Gasteiger partial charge in [0.15, 0.2) is 0 Å². The van der Waals surface area contributed by atoms with Gasteiger partial charge in [0, 0.05) is 36.1 Å². The number of nitrogens with zero attached hydrogens (tertiary/aromatic N) is 2. The predicted molar refractivity (Wildman–Crippen MR) is 116 cm³/mol. The quantitative estimate of drug-likeness (QED) is 0.818. The number of benzene rings is 1. The lowest BCUT2D eigenvalue weighted by Gasteiger charge is -2.34. The Morgan fingerprint density at radius 3 is 2.59 bits per heavy atom. The van der Waals surface area contributed by atoms with Crippen molar-refractivity contribution in [2.45, 2.75) is 44.7 Å². The molecule has 29 heavy (non-hydrogen) atoms. The van der Waals surface area contributed by atoms with Crippen molar-refractivity contribution in [1.29, 1.82) is 0 Å². The number of piperidine rings is 1. The number of amides is 2. The molecule has 4 rings (SSSR count). The highest BCUT2D eigenvalue weighted by molar-refractivity contribution is 7.10. The SMILES string of the molecule is Cc1ccccc1C(=O)NC1CCN(CC(=O)N2CCCC2c2cccs2)CC1. The molecule has 2 saturated heterocycles. The van der Waals surface area contributed by atoms with Crippen LogP contribution in [0, 0.1) is 6.92 Å². The minimum absolute atomic E-state index is 0.00785. The summed E-state index contributed by atoms with van der Waals surface area (Å²) in [6, 6.07) is 12.3. The largest absolute Gasteiger partial charge is 0.349 e. The zero-order valence-corrected chi connectivity index (χ0v) is 17.8. The lowest BCUT2D eigenvalue weighted by molar-refractivity contribution is -0.133. The molecule has 2 aliphatic rings. The van der Waals surface area contributed by atoms with Gasteiger partial charge in [0.2, 0.25) is 5.91 Å². The summed E-state index contributed by atoms with van der Waals surface area (Å²) in [4.78, 5) is 31.1. The average Bonchev–Trinajstić information content (AvgIpc) is 3.41. The van der Waals surface area contributed by atoms with Crippen molar-refractivity contribution in [3.63, 3.8) is 0 Å². The predicted octanol–water partition coefficient (Wildman–Crippen LogP) is 3.61. The highest BCUT2D eigenvalue weighted by Crippen LogP contribution is 2.34. The van der Waals surface area contributed by atoms with Gasteiger partial charge in [-0.2, -0.15) is 0 Å². The van der Waals surface area contributed by atoms with E-state index in [9.17, 15) is 9.59 Å². The van der Waals surface area contributed by atoms with Crippen LogP contribution >= 0.6 is 11.3 Å². The monoisotopic (exact) mass is 411 g/mol. The Balaban J connectivity index is 1.26. The third kappa shape index (κ3) is 4.70. The van der Waals surface area contributed by atoms with E-state index >= 15 is 0 Å². The van der Waals surface area contributed by atoms with Gasteiger partial charge in [-0.05, 0) is 55.7 Å². The summed E-state index contributed by atoms with van der Waals surface area (Å²) in [5.41, 5.74) is 1.75. The minimum Gasteiger partial charge on any atom is -0.349 e. The van der Waals surface area contributed by atoms with Crippen molar-refractivity contribution in [3.05, 3.63) is 57.8 Å². The van der Waals surface area contributed by atoms with Gasteiger partial charge >= 0.3 is 0 Å². The fourth-order valence-corrected chi connectivity index (χ4v) is 5.32. The Hall–Kier alpha value is -2.18. The Labute approximate surface area is 176 Å². The fourth-order valence-electron chi connectivity index (χ4n) is 4.45. The lowest BCUT2D eigenvalue weighted by Crippen LogP contribution is -2.48. The first kappa shape index (κ1) is 20.1. The van der Waals surface area contributed by atoms with Gasteiger partial charge < -0.3 is 10.2 Å². The molecule has 0 radical (unpaired) electrons. The second-order valence-corrected chi connectivity index (χ2v) is 9.08. The van der Waals surface area contributed by atoms with E-state index < -0.39 is 0 Å². The molecular weight excluding hydrogens is 382 g/mol. The first-order valence-electron chi connectivity index (χ1n) is 10.5. The second kappa shape index (κ2) is 9.09. The molecule has 1 aromatic heterocycles. The van der Waals surface area contributed by atoms with Gasteiger partial charge in [-0.25, -0.2) is 0 Å². The molecule has 2 amide bonds. The third-order valence-electron chi connectivity index (χ3n) is 6.12. The zero-order chi connectivity index (χ0) is 20.2. The number of hydrogen-bond acceptors (Lipinski definition) is 4. The van der Waals surface area contributed by atoms with Crippen LogP contribution in [0.5, 0.6) is 0 Å². The maximum atomic E-state index is 12.9. The van der Waals surface area contributed by atoms with Crippen molar-refractivity contribution in [2.75, 3.05) is 26.2 Å². The zero-order valence-electron chi connectivity index (χ0n) is 17.0. The molecule has 2 aliphatic heterocycles. The Kier molecular flexibility index (Phi) is 6.31. The molecule has 1 N–H and O–H groups in total. The molecule has 1 unspecified atom stereocenters. The molecule has 3 heterocycles. The normalized spacial score (nSPS) is 20.7. The summed E-state index contributed by atoms with van der Waals surface area (Å²) in [5, 5.41) is 5.26. The Morgan fingerprint density at radius 2 is 1.86 bits per heavy atom. The van der Waals surface area contributed by atoms with E-state index in [0.717, 1.165) is 56.4 Å². The van der Waals surface area contributed by atoms with Crippen LogP contribution in [0.3, 0.4) is 0 Å². The highest BCUT2D eigenvalue weighted by atomic mass is 32.1. The summed E-state index contributed by atoms with van der Waals surface area (Å²) in [7, 11) is 0. The number of hydrogen-bond donors (Lipinski definition) is 1. The van der Waals surface area contributed by atoms with E-state index in [1.54, 1.807) is 11.3 Å². The molecular formula is C23H29N3O2S. The van der Waals surface area contributed by atoms with Crippen LogP contribution in [0.15, 0.2) is 41.8 Å². The van der Waals surface area contributed by atoms with Crippen LogP contribution in [-0.4, -0.2) is 53.8 Å². The standard InChI is InChI=1S/C23H29N3O2S/c1-17-6-2-3-7-19(17)23(28)24-18-10-13-25(14-11-18)16-22(27)26-12-4-8-20(26)21-9-5-15-29-21/h2-3,5-7,9,15,18,20H,4,8,10-14,16H2,1H3,(H,24,28). The van der Waals surface area contributed by atoms with Gasteiger partial charge in [-0.3, -0.25) is 14.5 Å². The van der Waals surface area contributed by atoms with Crippen LogP contribution in [0.25, 0.3) is 0 Å². The summed E-state index contributed by atoms with van der Waals surface area (Å²) < 4.78 is 0. The molecule has 2 fully saturated rings. The average molecular weight is 412 g/mol. The van der Waals surface area contributed by atoms with Gasteiger partial charge in [-0.15, -0.1) is 11.3 Å². The first-order chi connectivity index (χ1) is 14.1. The van der Waals surface area contributed by atoms with Crippen molar-refractivity contribution < 1.29 is 9.59 Å². The second-order valence-electron chi connectivity index (χ2n) is 8.10. The van der Waals surface area contributed by atoms with E-state index in [2.05, 4.69) is 32.6 Å². The summed E-state index contributed by atoms with van der Waals surface area (Å²) in [6.07, 6.45) is 3.93. The van der Waals surface area contributed by atoms with Crippen LogP contribution in [-0.2, 0) is 4.79 Å². The summed E-state index contributed by atoms with van der Waals surface area (Å²) in [6.45, 7) is 5.01. The Bertz CT molecular complexity index is 844. The van der Waals surface area contributed by atoms with Crippen LogP contribution in [0.2, 0.25) is 0 Å². The number of thiophene rings is 1. The number of carbonyl (C=O) groups excluding carboxylic acids is 2. The van der Waals surface area contributed by atoms with Crippen LogP contribution in [0.1, 0.15) is 52.5 Å². The first-order valence-corrected chi connectivity index (χ1v) is 11.4. The molecule has 0 saturated carbocycles. The van der Waals surface area contributed by atoms with Crippen molar-refractivity contribution in [1.82, 2.24) is 15.1 Å². The number of rotatable bonds is 5. The van der Waals surface area contributed by atoms with Gasteiger partial charge in [0.05, 0.1) is 12.6 Å². The number of aryl methyl sites for hydroxylation is 1.